The molecule has 0 bridgehead atoms. The zero-order valence-corrected chi connectivity index (χ0v) is 17.6. The second-order valence-electron chi connectivity index (χ2n) is 7.68. The fraction of sp³-hybridized carbons (Fsp3) is 0.400. The molecular formula is C20H27N3O4S. The average Bonchev–Trinajstić information content (AvgIpc) is 2.76. The van der Waals surface area contributed by atoms with Crippen LogP contribution in [0.15, 0.2) is 59.2 Å². The quantitative estimate of drug-likeness (QED) is 0.518. The van der Waals surface area contributed by atoms with Crippen molar-refractivity contribution in [3.8, 4) is 0 Å². The largest absolute Gasteiger partial charge is 0.350 e. The molecule has 0 amide bonds. The summed E-state index contributed by atoms with van der Waals surface area (Å²) < 4.78 is 27.1. The van der Waals surface area contributed by atoms with E-state index in [0.29, 0.717) is 11.6 Å². The van der Waals surface area contributed by atoms with Crippen molar-refractivity contribution in [1.29, 1.82) is 0 Å². The van der Waals surface area contributed by atoms with Gasteiger partial charge in [-0.3, -0.25) is 10.1 Å². The number of allylic oxidation sites excluding steroid dienone is 5. The molecule has 0 radical (unpaired) electrons. The molecule has 1 aliphatic rings. The Labute approximate surface area is 166 Å². The van der Waals surface area contributed by atoms with Crippen molar-refractivity contribution in [3.05, 3.63) is 64.4 Å². The molecule has 0 spiro atoms. The third-order valence-electron chi connectivity index (χ3n) is 4.70. The van der Waals surface area contributed by atoms with E-state index < -0.39 is 14.9 Å². The molecule has 152 valence electrons. The van der Waals surface area contributed by atoms with Crippen molar-refractivity contribution in [3.63, 3.8) is 0 Å². The molecule has 7 nitrogen and oxygen atoms in total. The van der Waals surface area contributed by atoms with Crippen LogP contribution in [0.1, 0.15) is 34.6 Å². The monoisotopic (exact) mass is 405 g/mol. The number of nitro benzene ring substituents is 1. The van der Waals surface area contributed by atoms with Gasteiger partial charge in [0.2, 0.25) is 10.0 Å². The van der Waals surface area contributed by atoms with Crippen LogP contribution in [0.4, 0.5) is 11.4 Å². The number of rotatable bonds is 7. The Morgan fingerprint density at radius 1 is 1.14 bits per heavy atom. The molecule has 1 aliphatic carbocycles. The molecule has 28 heavy (non-hydrogen) atoms. The standard InChI is InChI=1S/C20H27N3O4S/c1-14(2)20(5)11-7-6-8-16(13-20)21-18-10-9-17(12-19(18)23(24)25)28(26,27)22-15(3)4/h6-15,21-22H,1-5H3. The van der Waals surface area contributed by atoms with Crippen molar-refractivity contribution in [2.24, 2.45) is 11.3 Å². The first kappa shape index (κ1) is 21.8. The summed E-state index contributed by atoms with van der Waals surface area (Å²) in [6.07, 6.45) is 9.76. The first-order chi connectivity index (χ1) is 12.9. The van der Waals surface area contributed by atoms with Crippen LogP contribution in [0.3, 0.4) is 0 Å². The fourth-order valence-corrected chi connectivity index (χ4v) is 4.03. The third-order valence-corrected chi connectivity index (χ3v) is 6.36. The Hall–Kier alpha value is -2.45. The maximum Gasteiger partial charge on any atom is 0.294 e. The molecule has 2 N–H and O–H groups in total. The lowest BCUT2D eigenvalue weighted by atomic mass is 9.78. The van der Waals surface area contributed by atoms with E-state index in [2.05, 4.69) is 36.9 Å². The smallest absolute Gasteiger partial charge is 0.294 e. The van der Waals surface area contributed by atoms with Crippen LogP contribution in [0.25, 0.3) is 0 Å². The predicted molar refractivity (Wildman–Crippen MR) is 111 cm³/mol. The lowest BCUT2D eigenvalue weighted by molar-refractivity contribution is -0.384. The summed E-state index contributed by atoms with van der Waals surface area (Å²) in [7, 11) is -3.82. The highest BCUT2D eigenvalue weighted by atomic mass is 32.2. The van der Waals surface area contributed by atoms with Gasteiger partial charge in [0.15, 0.2) is 0 Å². The molecule has 2 rings (SSSR count). The summed E-state index contributed by atoms with van der Waals surface area (Å²) in [5.41, 5.74) is 0.424. The summed E-state index contributed by atoms with van der Waals surface area (Å²) in [6.45, 7) is 9.67. The molecule has 1 unspecified atom stereocenters. The highest BCUT2D eigenvalue weighted by Crippen LogP contribution is 2.35. The summed E-state index contributed by atoms with van der Waals surface area (Å²) in [6, 6.07) is 3.55. The number of nitrogens with one attached hydrogen (secondary N) is 2. The first-order valence-corrected chi connectivity index (χ1v) is 10.6. The number of hydrogen-bond acceptors (Lipinski definition) is 5. The minimum Gasteiger partial charge on any atom is -0.350 e. The molecule has 0 aromatic heterocycles. The van der Waals surface area contributed by atoms with Gasteiger partial charge in [0.1, 0.15) is 5.69 Å². The second-order valence-corrected chi connectivity index (χ2v) is 9.39. The average molecular weight is 406 g/mol. The summed E-state index contributed by atoms with van der Waals surface area (Å²) in [5, 5.41) is 14.6. The van der Waals surface area contributed by atoms with E-state index in [1.807, 2.05) is 24.3 Å². The molecule has 1 aromatic carbocycles. The van der Waals surface area contributed by atoms with Gasteiger partial charge in [-0.05, 0) is 38.0 Å². The zero-order chi connectivity index (χ0) is 21.1. The van der Waals surface area contributed by atoms with Crippen molar-refractivity contribution >= 4 is 21.4 Å². The number of hydrogen-bond donors (Lipinski definition) is 2. The van der Waals surface area contributed by atoms with Crippen molar-refractivity contribution in [2.75, 3.05) is 5.32 Å². The summed E-state index contributed by atoms with van der Waals surface area (Å²) >= 11 is 0. The van der Waals surface area contributed by atoms with Crippen LogP contribution in [-0.4, -0.2) is 19.4 Å². The molecule has 0 aliphatic heterocycles. The van der Waals surface area contributed by atoms with Crippen LogP contribution in [-0.2, 0) is 10.0 Å². The van der Waals surface area contributed by atoms with Crippen molar-refractivity contribution < 1.29 is 13.3 Å². The van der Waals surface area contributed by atoms with Crippen LogP contribution in [0.5, 0.6) is 0 Å². The SMILES string of the molecule is CC(C)NS(=O)(=O)c1ccc(NC2=CC(C)(C(C)C)C=CC=C2)c([N+](=O)[O-])c1. The number of anilines is 1. The van der Waals surface area contributed by atoms with Crippen molar-refractivity contribution in [1.82, 2.24) is 4.72 Å². The Morgan fingerprint density at radius 3 is 2.39 bits per heavy atom. The van der Waals surface area contributed by atoms with Crippen molar-refractivity contribution in [2.45, 2.75) is 45.6 Å². The number of nitrogens with zero attached hydrogens (tertiary/aromatic N) is 1. The lowest BCUT2D eigenvalue weighted by Crippen LogP contribution is -2.30. The van der Waals surface area contributed by atoms with Gasteiger partial charge in [-0.25, -0.2) is 13.1 Å². The van der Waals surface area contributed by atoms with E-state index in [1.54, 1.807) is 13.8 Å². The van der Waals surface area contributed by atoms with Crippen LogP contribution < -0.4 is 10.0 Å². The Kier molecular flexibility index (Phi) is 6.46. The molecule has 0 fully saturated rings. The molecular weight excluding hydrogens is 378 g/mol. The van der Waals surface area contributed by atoms with Crippen LogP contribution >= 0.6 is 0 Å². The normalized spacial score (nSPS) is 19.6. The number of benzene rings is 1. The third kappa shape index (κ3) is 5.08. The topological polar surface area (TPSA) is 101 Å². The summed E-state index contributed by atoms with van der Waals surface area (Å²) in [5.74, 6) is 0.324. The van der Waals surface area contributed by atoms with Gasteiger partial charge in [0, 0.05) is 23.2 Å². The highest BCUT2D eigenvalue weighted by molar-refractivity contribution is 7.89. The van der Waals surface area contributed by atoms with Crippen LogP contribution in [0, 0.1) is 21.4 Å². The van der Waals surface area contributed by atoms with Gasteiger partial charge >= 0.3 is 0 Å². The lowest BCUT2D eigenvalue weighted by Gasteiger charge is -2.27. The highest BCUT2D eigenvalue weighted by Gasteiger charge is 2.26. The van der Waals surface area contributed by atoms with E-state index in [4.69, 9.17) is 0 Å². The number of sulfonamides is 1. The van der Waals surface area contributed by atoms with Gasteiger partial charge in [-0.15, -0.1) is 0 Å². The zero-order valence-electron chi connectivity index (χ0n) is 16.8. The van der Waals surface area contributed by atoms with Crippen LogP contribution in [0.2, 0.25) is 0 Å². The Morgan fingerprint density at radius 2 is 1.82 bits per heavy atom. The molecule has 0 saturated carbocycles. The van der Waals surface area contributed by atoms with Gasteiger partial charge in [0.25, 0.3) is 5.69 Å². The second kappa shape index (κ2) is 8.28. The Bertz CT molecular complexity index is 946. The maximum atomic E-state index is 12.3. The molecule has 1 atom stereocenters. The fourth-order valence-electron chi connectivity index (χ4n) is 2.76. The van der Waals surface area contributed by atoms with Gasteiger partial charge < -0.3 is 5.32 Å². The predicted octanol–water partition coefficient (Wildman–Crippen LogP) is 4.37. The van der Waals surface area contributed by atoms with E-state index in [9.17, 15) is 18.5 Å². The Balaban J connectivity index is 2.44. The molecule has 0 saturated heterocycles. The minimum absolute atomic E-state index is 0.141. The van der Waals surface area contributed by atoms with E-state index in [1.165, 1.54) is 12.1 Å². The summed E-state index contributed by atoms with van der Waals surface area (Å²) in [4.78, 5) is 10.8. The van der Waals surface area contributed by atoms with Gasteiger partial charge in [-0.1, -0.05) is 45.1 Å². The van der Waals surface area contributed by atoms with Gasteiger partial charge in [-0.2, -0.15) is 0 Å². The molecule has 1 aromatic rings. The first-order valence-electron chi connectivity index (χ1n) is 9.11. The maximum absolute atomic E-state index is 12.3. The molecule has 0 heterocycles. The van der Waals surface area contributed by atoms with E-state index in [-0.39, 0.29) is 27.7 Å². The van der Waals surface area contributed by atoms with E-state index in [0.717, 1.165) is 6.07 Å². The number of nitro groups is 1. The van der Waals surface area contributed by atoms with E-state index >= 15 is 0 Å². The molecule has 8 heteroatoms. The minimum atomic E-state index is -3.82. The van der Waals surface area contributed by atoms with Gasteiger partial charge in [0.05, 0.1) is 9.82 Å².